The molecular formula is C15H21N2O5P. The molecule has 8 heteroatoms. The van der Waals surface area contributed by atoms with E-state index in [0.717, 1.165) is 19.3 Å². The van der Waals surface area contributed by atoms with Gasteiger partial charge in [0.1, 0.15) is 5.75 Å². The van der Waals surface area contributed by atoms with Crippen LogP contribution in [0, 0.1) is 21.4 Å². The highest BCUT2D eigenvalue weighted by molar-refractivity contribution is 7.54. The Kier molecular flexibility index (Phi) is 8.31. The Bertz CT molecular complexity index is 583. The summed E-state index contributed by atoms with van der Waals surface area (Å²) in [6, 6.07) is 7.51. The van der Waals surface area contributed by atoms with Crippen molar-refractivity contribution in [2.24, 2.45) is 0 Å². The first kappa shape index (κ1) is 19.1. The van der Waals surface area contributed by atoms with Crippen molar-refractivity contribution >= 4 is 13.3 Å². The van der Waals surface area contributed by atoms with Crippen molar-refractivity contribution in [3.8, 4) is 11.8 Å². The summed E-state index contributed by atoms with van der Waals surface area (Å²) in [6.45, 7) is 2.00. The highest BCUT2D eigenvalue weighted by Crippen LogP contribution is 2.49. The lowest BCUT2D eigenvalue weighted by molar-refractivity contribution is -0.384. The molecule has 1 rings (SSSR count). The van der Waals surface area contributed by atoms with Crippen LogP contribution in [-0.2, 0) is 9.09 Å². The molecule has 0 heterocycles. The number of benzene rings is 1. The minimum absolute atomic E-state index is 0.0546. The normalized spacial score (nSPS) is 13.0. The van der Waals surface area contributed by atoms with Gasteiger partial charge in [0.15, 0.2) is 0 Å². The lowest BCUT2D eigenvalue weighted by atomic mass is 10.2. The van der Waals surface area contributed by atoms with Gasteiger partial charge in [-0.05, 0) is 31.9 Å². The van der Waals surface area contributed by atoms with Crippen LogP contribution in [0.25, 0.3) is 0 Å². The Labute approximate surface area is 135 Å². The summed E-state index contributed by atoms with van der Waals surface area (Å²) in [6.07, 6.45) is 4.07. The zero-order valence-corrected chi connectivity index (χ0v) is 14.0. The molecule has 23 heavy (non-hydrogen) atoms. The maximum Gasteiger partial charge on any atom is 0.379 e. The Morgan fingerprint density at radius 1 is 1.22 bits per heavy atom. The minimum atomic E-state index is -3.27. The number of nitro groups is 1. The standard InChI is InChI=1S/C15H21N2O5P/c1-2-21-23(20,13-7-5-3-4-6-12-16)22-15-10-8-14(9-11-15)17(18)19/h8-11H,2-7,13H2,1H3/t23-/m0/s1. The highest BCUT2D eigenvalue weighted by Gasteiger charge is 2.25. The van der Waals surface area contributed by atoms with Crippen molar-refractivity contribution in [1.29, 1.82) is 5.26 Å². The smallest absolute Gasteiger partial charge is 0.379 e. The predicted octanol–water partition coefficient (Wildman–Crippen LogP) is 4.68. The number of nitro benzene ring substituents is 1. The largest absolute Gasteiger partial charge is 0.424 e. The molecule has 1 aromatic rings. The molecule has 0 bridgehead atoms. The number of unbranched alkanes of at least 4 members (excludes halogenated alkanes) is 4. The van der Waals surface area contributed by atoms with Gasteiger partial charge in [-0.1, -0.05) is 12.8 Å². The lowest BCUT2D eigenvalue weighted by Crippen LogP contribution is -2.03. The van der Waals surface area contributed by atoms with Crippen LogP contribution in [0.1, 0.15) is 39.0 Å². The van der Waals surface area contributed by atoms with Crippen LogP contribution >= 0.6 is 7.60 Å². The monoisotopic (exact) mass is 340 g/mol. The molecule has 0 fully saturated rings. The third kappa shape index (κ3) is 7.27. The van der Waals surface area contributed by atoms with Crippen LogP contribution in [-0.4, -0.2) is 17.7 Å². The van der Waals surface area contributed by atoms with E-state index in [1.165, 1.54) is 24.3 Å². The summed E-state index contributed by atoms with van der Waals surface area (Å²) < 4.78 is 23.4. The number of rotatable bonds is 11. The molecule has 1 aromatic carbocycles. The molecule has 1 atom stereocenters. The zero-order valence-electron chi connectivity index (χ0n) is 13.1. The molecule has 0 amide bonds. The van der Waals surface area contributed by atoms with Crippen LogP contribution < -0.4 is 4.52 Å². The van der Waals surface area contributed by atoms with E-state index in [9.17, 15) is 14.7 Å². The first-order valence-electron chi connectivity index (χ1n) is 7.55. The summed E-state index contributed by atoms with van der Waals surface area (Å²) in [4.78, 5) is 10.1. The number of hydrogen-bond acceptors (Lipinski definition) is 6. The van der Waals surface area contributed by atoms with Gasteiger partial charge in [0, 0.05) is 18.6 Å². The van der Waals surface area contributed by atoms with Gasteiger partial charge in [-0.3, -0.25) is 10.1 Å². The van der Waals surface area contributed by atoms with Crippen LogP contribution in [0.3, 0.4) is 0 Å². The van der Waals surface area contributed by atoms with Crippen LogP contribution in [0.2, 0.25) is 0 Å². The Morgan fingerprint density at radius 3 is 2.43 bits per heavy atom. The average Bonchev–Trinajstić information content (AvgIpc) is 2.51. The minimum Gasteiger partial charge on any atom is -0.424 e. The summed E-state index contributed by atoms with van der Waals surface area (Å²) >= 11 is 0. The Hall–Kier alpha value is -1.90. The van der Waals surface area contributed by atoms with Crippen molar-refractivity contribution in [3.05, 3.63) is 34.4 Å². The van der Waals surface area contributed by atoms with E-state index in [1.54, 1.807) is 6.92 Å². The summed E-state index contributed by atoms with van der Waals surface area (Å²) in [5.41, 5.74) is -0.0546. The second-order valence-electron chi connectivity index (χ2n) is 4.92. The topological polar surface area (TPSA) is 102 Å². The van der Waals surface area contributed by atoms with Gasteiger partial charge < -0.3 is 9.05 Å². The third-order valence-corrected chi connectivity index (χ3v) is 5.09. The van der Waals surface area contributed by atoms with E-state index < -0.39 is 12.5 Å². The number of hydrogen-bond donors (Lipinski definition) is 0. The third-order valence-electron chi connectivity index (χ3n) is 3.09. The summed E-state index contributed by atoms with van der Waals surface area (Å²) in [5.74, 6) is 0.289. The fourth-order valence-electron chi connectivity index (χ4n) is 1.99. The summed E-state index contributed by atoms with van der Waals surface area (Å²) in [7, 11) is -3.27. The second kappa shape index (κ2) is 9.98. The fraction of sp³-hybridized carbons (Fsp3) is 0.533. The molecule has 0 aliphatic carbocycles. The SMILES string of the molecule is CCO[P@@](=O)(CCCCCCC#N)Oc1ccc([N+](=O)[O-])cc1. The van der Waals surface area contributed by atoms with Gasteiger partial charge in [0.05, 0.1) is 23.8 Å². The fourth-order valence-corrected chi connectivity index (χ4v) is 3.71. The molecule has 0 aromatic heterocycles. The molecule has 0 saturated carbocycles. The van der Waals surface area contributed by atoms with Crippen molar-refractivity contribution in [1.82, 2.24) is 0 Å². The molecule has 7 nitrogen and oxygen atoms in total. The lowest BCUT2D eigenvalue weighted by Gasteiger charge is -2.18. The second-order valence-corrected chi connectivity index (χ2v) is 7.03. The molecule has 0 N–H and O–H groups in total. The zero-order chi connectivity index (χ0) is 17.1. The van der Waals surface area contributed by atoms with E-state index >= 15 is 0 Å². The number of nitriles is 1. The molecule has 0 saturated heterocycles. The van der Waals surface area contributed by atoms with E-state index in [4.69, 9.17) is 14.3 Å². The van der Waals surface area contributed by atoms with Gasteiger partial charge in [-0.25, -0.2) is 4.57 Å². The van der Waals surface area contributed by atoms with E-state index in [0.29, 0.717) is 12.8 Å². The number of non-ortho nitro benzene ring substituents is 1. The number of nitrogens with zero attached hydrogens (tertiary/aromatic N) is 2. The van der Waals surface area contributed by atoms with E-state index in [-0.39, 0.29) is 24.2 Å². The maximum atomic E-state index is 12.7. The van der Waals surface area contributed by atoms with Gasteiger partial charge in [0.2, 0.25) is 0 Å². The van der Waals surface area contributed by atoms with Crippen LogP contribution in [0.5, 0.6) is 5.75 Å². The molecule has 0 aliphatic rings. The van der Waals surface area contributed by atoms with Gasteiger partial charge in [-0.15, -0.1) is 0 Å². The van der Waals surface area contributed by atoms with Crippen LogP contribution in [0.4, 0.5) is 5.69 Å². The quantitative estimate of drug-likeness (QED) is 0.251. The molecular weight excluding hydrogens is 319 g/mol. The van der Waals surface area contributed by atoms with Crippen molar-refractivity contribution in [2.75, 3.05) is 12.8 Å². The summed E-state index contributed by atoms with van der Waals surface area (Å²) in [5, 5.41) is 19.1. The van der Waals surface area contributed by atoms with Crippen LogP contribution in [0.15, 0.2) is 24.3 Å². The molecule has 126 valence electrons. The van der Waals surface area contributed by atoms with Crippen molar-refractivity contribution in [3.63, 3.8) is 0 Å². The van der Waals surface area contributed by atoms with E-state index in [1.807, 2.05) is 0 Å². The average molecular weight is 340 g/mol. The predicted molar refractivity (Wildman–Crippen MR) is 86.5 cm³/mol. The van der Waals surface area contributed by atoms with Crippen molar-refractivity contribution < 1.29 is 18.5 Å². The highest BCUT2D eigenvalue weighted by atomic mass is 31.2. The molecule has 0 spiro atoms. The van der Waals surface area contributed by atoms with Gasteiger partial charge >= 0.3 is 7.60 Å². The maximum absolute atomic E-state index is 12.7. The molecule has 0 radical (unpaired) electrons. The van der Waals surface area contributed by atoms with Crippen molar-refractivity contribution in [2.45, 2.75) is 39.0 Å². The molecule has 0 unspecified atom stereocenters. The van der Waals surface area contributed by atoms with Gasteiger partial charge in [-0.2, -0.15) is 5.26 Å². The molecule has 0 aliphatic heterocycles. The van der Waals surface area contributed by atoms with E-state index in [2.05, 4.69) is 6.07 Å². The first-order valence-corrected chi connectivity index (χ1v) is 9.28. The van der Waals surface area contributed by atoms with Gasteiger partial charge in [0.25, 0.3) is 5.69 Å². The first-order chi connectivity index (χ1) is 11.0. The Balaban J connectivity index is 2.56. The Morgan fingerprint density at radius 2 is 1.87 bits per heavy atom.